The highest BCUT2D eigenvalue weighted by Gasteiger charge is 2.02. The lowest BCUT2D eigenvalue weighted by Crippen LogP contribution is -2.15. The summed E-state index contributed by atoms with van der Waals surface area (Å²) in [6, 6.07) is 0. The zero-order chi connectivity index (χ0) is 64.7. The second-order valence-electron chi connectivity index (χ2n) is 18.0. The van der Waals surface area contributed by atoms with E-state index in [4.69, 9.17) is 120 Å². The van der Waals surface area contributed by atoms with Crippen LogP contribution in [0.3, 0.4) is 0 Å². The minimum Gasteiger partial charge on any atom is -0.480 e. The molecule has 0 bridgehead atoms. The molecule has 0 unspecified atom stereocenters. The van der Waals surface area contributed by atoms with Crippen molar-refractivity contribution in [2.45, 2.75) is 99.8 Å². The Kier molecular flexibility index (Phi) is 81.4. The standard InChI is InChI=1S/C15H30O8.C13H26O7.C11H22O6.C9H18O5.C7H14O4/c1-14(2)23-12-11-21-8-7-19-4-3-18-5-6-20-9-10-22-13-15(16)17;1-12(2)20-10-9-18-6-5-16-3-4-17-7-8-19-11-13(14)15;1-10(2)17-8-7-15-4-3-14-5-6-16-9-11(12)13;1-8(2)14-6-5-12-3-4-13-7-9(10)11;1-6(2)11-4-3-10-5-7(8)9/h14H,3-13H2,1-2H3,(H,16,17);12H,3-11H2,1-2H3,(H,14,15);10H,3-9H2,1-2H3,(H,12,13);8H,3-7H2,1-2H3,(H,10,11);6H,3-5H2,1-2H3,(H,8,9). The van der Waals surface area contributed by atoms with E-state index in [0.29, 0.717) is 178 Å². The Morgan fingerprint density at radius 1 is 0.188 bits per heavy atom. The molecule has 0 saturated heterocycles. The highest BCUT2D eigenvalue weighted by atomic mass is 16.6. The van der Waals surface area contributed by atoms with Gasteiger partial charge in [0.25, 0.3) is 0 Å². The lowest BCUT2D eigenvalue weighted by molar-refractivity contribution is -0.143. The Balaban J connectivity index is -0.000000320. The van der Waals surface area contributed by atoms with Gasteiger partial charge in [-0.3, -0.25) is 0 Å². The molecule has 0 aromatic heterocycles. The summed E-state index contributed by atoms with van der Waals surface area (Å²) in [4.78, 5) is 50.3. The molecular formula is C55H110O30. The molecule has 0 aliphatic rings. The van der Waals surface area contributed by atoms with Crippen LogP contribution in [0.25, 0.3) is 0 Å². The topological polar surface area (TPSA) is 371 Å². The molecule has 0 fully saturated rings. The summed E-state index contributed by atoms with van der Waals surface area (Å²) < 4.78 is 103. The highest BCUT2D eigenvalue weighted by Crippen LogP contribution is 1.93. The number of aliphatic carboxylic acids is 5. The maximum Gasteiger partial charge on any atom is 0.329 e. The van der Waals surface area contributed by atoms with E-state index in [-0.39, 0.29) is 83.4 Å². The number of rotatable bonds is 60. The summed E-state index contributed by atoms with van der Waals surface area (Å²) in [5, 5.41) is 41.3. The second kappa shape index (κ2) is 76.6. The van der Waals surface area contributed by atoms with Crippen LogP contribution in [0.15, 0.2) is 0 Å². The first-order valence-electron chi connectivity index (χ1n) is 28.5. The van der Waals surface area contributed by atoms with E-state index < -0.39 is 29.8 Å². The van der Waals surface area contributed by atoms with E-state index in [2.05, 4.69) is 0 Å². The van der Waals surface area contributed by atoms with Gasteiger partial charge in [-0.1, -0.05) is 0 Å². The summed E-state index contributed by atoms with van der Waals surface area (Å²) in [6.45, 7) is 32.1. The molecule has 510 valence electrons. The molecule has 0 amide bonds. The van der Waals surface area contributed by atoms with Crippen molar-refractivity contribution in [1.29, 1.82) is 0 Å². The molecule has 30 nitrogen and oxygen atoms in total. The van der Waals surface area contributed by atoms with Crippen LogP contribution in [-0.2, 0) is 119 Å². The average Bonchev–Trinajstić information content (AvgIpc) is 3.41. The lowest BCUT2D eigenvalue weighted by atomic mass is 10.5. The molecule has 0 aliphatic carbocycles. The van der Waals surface area contributed by atoms with Crippen LogP contribution >= 0.6 is 0 Å². The first kappa shape index (κ1) is 90.3. The van der Waals surface area contributed by atoms with E-state index in [9.17, 15) is 24.0 Å². The minimum absolute atomic E-state index is 0.170. The maximum atomic E-state index is 10.2. The normalized spacial score (nSPS) is 11.0. The predicted molar refractivity (Wildman–Crippen MR) is 306 cm³/mol. The van der Waals surface area contributed by atoms with Crippen molar-refractivity contribution >= 4 is 29.8 Å². The summed E-state index contributed by atoms with van der Waals surface area (Å²) in [5.74, 6) is -4.85. The van der Waals surface area contributed by atoms with Gasteiger partial charge in [0, 0.05) is 0 Å². The molecule has 0 spiro atoms. The van der Waals surface area contributed by atoms with Crippen LogP contribution in [0.1, 0.15) is 69.2 Å². The molecule has 0 saturated carbocycles. The van der Waals surface area contributed by atoms with Crippen molar-refractivity contribution in [3.63, 3.8) is 0 Å². The van der Waals surface area contributed by atoms with Gasteiger partial charge in [0.15, 0.2) is 0 Å². The molecule has 0 aliphatic heterocycles. The van der Waals surface area contributed by atoms with Crippen molar-refractivity contribution in [2.24, 2.45) is 0 Å². The fourth-order valence-electron chi connectivity index (χ4n) is 4.71. The lowest BCUT2D eigenvalue weighted by Gasteiger charge is -2.09. The quantitative estimate of drug-likeness (QED) is 0.0547. The van der Waals surface area contributed by atoms with E-state index in [0.717, 1.165) is 0 Å². The summed E-state index contributed by atoms with van der Waals surface area (Å²) in [7, 11) is 0. The van der Waals surface area contributed by atoms with Crippen molar-refractivity contribution in [3.8, 4) is 0 Å². The van der Waals surface area contributed by atoms with Gasteiger partial charge in [0.05, 0.1) is 229 Å². The maximum absolute atomic E-state index is 10.2. The van der Waals surface area contributed by atoms with E-state index >= 15 is 0 Å². The molecule has 85 heavy (non-hydrogen) atoms. The van der Waals surface area contributed by atoms with E-state index in [1.807, 2.05) is 69.2 Å². The highest BCUT2D eigenvalue weighted by molar-refractivity contribution is 5.69. The molecule has 0 radical (unpaired) electrons. The number of hydrogen-bond acceptors (Lipinski definition) is 25. The van der Waals surface area contributed by atoms with Crippen LogP contribution < -0.4 is 0 Å². The largest absolute Gasteiger partial charge is 0.480 e. The number of carboxylic acids is 5. The fourth-order valence-corrected chi connectivity index (χ4v) is 4.71. The van der Waals surface area contributed by atoms with Gasteiger partial charge in [0.2, 0.25) is 0 Å². The Bertz CT molecular complexity index is 1380. The monoisotopic (exact) mass is 1250 g/mol. The molecule has 5 N–H and O–H groups in total. The SMILES string of the molecule is CC(C)OCCOCC(=O)O.CC(C)OCCOCCOCC(=O)O.CC(C)OCCOCCOCCOCC(=O)O.CC(C)OCCOCCOCCOCCOCC(=O)O.CC(C)OCCOCCOCCOCCOCCOCC(=O)O. The number of ether oxygens (including phenoxy) is 20. The Hall–Kier alpha value is -3.45. The summed E-state index contributed by atoms with van der Waals surface area (Å²) in [6.07, 6.45) is 1.06. The van der Waals surface area contributed by atoms with Gasteiger partial charge in [-0.05, 0) is 69.2 Å². The van der Waals surface area contributed by atoms with E-state index in [1.165, 1.54) is 0 Å². The molecule has 0 aromatic carbocycles. The van der Waals surface area contributed by atoms with Crippen LogP contribution in [0.2, 0.25) is 0 Å². The Labute approximate surface area is 504 Å². The van der Waals surface area contributed by atoms with Crippen molar-refractivity contribution < 1.29 is 144 Å². The fraction of sp³-hybridized carbons (Fsp3) is 0.909. The molecule has 0 aromatic rings. The molecule has 30 heteroatoms. The zero-order valence-electron chi connectivity index (χ0n) is 52.6. The number of carbonyl (C=O) groups is 5. The summed E-state index contributed by atoms with van der Waals surface area (Å²) in [5.41, 5.74) is 0. The third kappa shape index (κ3) is 112. The summed E-state index contributed by atoms with van der Waals surface area (Å²) >= 11 is 0. The van der Waals surface area contributed by atoms with Gasteiger partial charge < -0.3 is 120 Å². The van der Waals surface area contributed by atoms with Gasteiger partial charge in [0.1, 0.15) is 33.0 Å². The number of carboxylic acid groups (broad SMARTS) is 5. The van der Waals surface area contributed by atoms with Gasteiger partial charge in [-0.25, -0.2) is 24.0 Å². The Morgan fingerprint density at radius 3 is 0.388 bits per heavy atom. The van der Waals surface area contributed by atoms with Crippen LogP contribution in [-0.4, -0.2) is 317 Å². The first-order chi connectivity index (χ1) is 40.6. The van der Waals surface area contributed by atoms with Crippen LogP contribution in [0.5, 0.6) is 0 Å². The van der Waals surface area contributed by atoms with Gasteiger partial charge >= 0.3 is 29.8 Å². The zero-order valence-corrected chi connectivity index (χ0v) is 52.6. The van der Waals surface area contributed by atoms with Crippen molar-refractivity contribution in [3.05, 3.63) is 0 Å². The first-order valence-corrected chi connectivity index (χ1v) is 28.5. The van der Waals surface area contributed by atoms with Gasteiger partial charge in [-0.15, -0.1) is 0 Å². The minimum atomic E-state index is -0.984. The molecular weight excluding hydrogens is 1140 g/mol. The third-order valence-corrected chi connectivity index (χ3v) is 8.24. The molecule has 0 heterocycles. The van der Waals surface area contributed by atoms with Crippen LogP contribution in [0.4, 0.5) is 0 Å². The van der Waals surface area contributed by atoms with Gasteiger partial charge in [-0.2, -0.15) is 0 Å². The predicted octanol–water partition coefficient (Wildman–Crippen LogP) is 2.73. The average molecular weight is 1250 g/mol. The van der Waals surface area contributed by atoms with Crippen molar-refractivity contribution in [2.75, 3.05) is 231 Å². The molecule has 0 rings (SSSR count). The van der Waals surface area contributed by atoms with Crippen LogP contribution in [0, 0.1) is 0 Å². The third-order valence-electron chi connectivity index (χ3n) is 8.24. The molecule has 0 atom stereocenters. The number of hydrogen-bond donors (Lipinski definition) is 5. The second-order valence-corrected chi connectivity index (χ2v) is 18.0. The smallest absolute Gasteiger partial charge is 0.329 e. The Morgan fingerprint density at radius 2 is 0.282 bits per heavy atom. The van der Waals surface area contributed by atoms with Crippen molar-refractivity contribution in [1.82, 2.24) is 0 Å². The van der Waals surface area contributed by atoms with E-state index in [1.54, 1.807) is 0 Å².